The summed E-state index contributed by atoms with van der Waals surface area (Å²) in [6.07, 6.45) is 0.738. The Bertz CT molecular complexity index is 231. The van der Waals surface area contributed by atoms with Crippen molar-refractivity contribution in [2.75, 3.05) is 19.4 Å². The van der Waals surface area contributed by atoms with E-state index in [4.69, 9.17) is 18.0 Å². The Morgan fingerprint density at radius 1 is 1.00 bits per heavy atom. The van der Waals surface area contributed by atoms with Crippen LogP contribution in [-0.2, 0) is 18.0 Å². The fourth-order valence-electron chi connectivity index (χ4n) is 1.66. The van der Waals surface area contributed by atoms with Crippen molar-refractivity contribution < 1.29 is 18.0 Å². The maximum atomic E-state index is 5.96. The van der Waals surface area contributed by atoms with Crippen molar-refractivity contribution in [3.63, 3.8) is 0 Å². The molecule has 0 aliphatic carbocycles. The molecule has 4 nitrogen and oxygen atoms in total. The zero-order valence-corrected chi connectivity index (χ0v) is 11.3. The molecule has 1 spiro atoms. The Labute approximate surface area is 86.9 Å². The van der Waals surface area contributed by atoms with Gasteiger partial charge in [-0.25, -0.2) is 0 Å². The zero-order valence-electron chi connectivity index (χ0n) is 9.25. The Morgan fingerprint density at radius 3 is 2.00 bits per heavy atom. The third-order valence-corrected chi connectivity index (χ3v) is 5.87. The Balaban J connectivity index is 2.01. The largest absolute Gasteiger partial charge is 0.389 e. The summed E-state index contributed by atoms with van der Waals surface area (Å²) in [6.45, 7) is 9.44. The molecule has 0 unspecified atom stereocenters. The highest BCUT2D eigenvalue weighted by atomic mass is 28.4. The first-order chi connectivity index (χ1) is 6.33. The highest BCUT2D eigenvalue weighted by Gasteiger charge is 2.51. The van der Waals surface area contributed by atoms with Crippen molar-refractivity contribution in [3.05, 3.63) is 0 Å². The van der Waals surface area contributed by atoms with Crippen LogP contribution < -0.4 is 0 Å². The number of hydrogen-bond acceptors (Lipinski definition) is 4. The molecular formula is C8H18O4Si2. The molecule has 82 valence electrons. The SMILES string of the molecule is C[Si]1(C)COC2(CO[Si](C)(C)OC2)O1. The predicted molar refractivity (Wildman–Crippen MR) is 56.6 cm³/mol. The smallest absolute Gasteiger partial charge is 0.332 e. The summed E-state index contributed by atoms with van der Waals surface area (Å²) >= 11 is 0. The van der Waals surface area contributed by atoms with Gasteiger partial charge < -0.3 is 18.0 Å². The minimum atomic E-state index is -1.87. The maximum Gasteiger partial charge on any atom is 0.332 e. The van der Waals surface area contributed by atoms with Crippen molar-refractivity contribution in [3.8, 4) is 0 Å². The molecule has 6 heteroatoms. The average Bonchev–Trinajstić information content (AvgIpc) is 2.36. The molecule has 2 saturated heterocycles. The molecular weight excluding hydrogens is 216 g/mol. The van der Waals surface area contributed by atoms with Crippen molar-refractivity contribution >= 4 is 16.9 Å². The Morgan fingerprint density at radius 2 is 1.57 bits per heavy atom. The Hall–Kier alpha value is 0.274. The number of hydrogen-bond donors (Lipinski definition) is 0. The highest BCUT2D eigenvalue weighted by molar-refractivity contribution is 6.71. The molecule has 2 heterocycles. The summed E-state index contributed by atoms with van der Waals surface area (Å²) in [6, 6.07) is 0. The fourth-order valence-corrected chi connectivity index (χ4v) is 4.73. The summed E-state index contributed by atoms with van der Waals surface area (Å²) < 4.78 is 23.0. The van der Waals surface area contributed by atoms with Crippen LogP contribution in [0.25, 0.3) is 0 Å². The van der Waals surface area contributed by atoms with Crippen LogP contribution in [0.2, 0.25) is 26.2 Å². The van der Waals surface area contributed by atoms with Gasteiger partial charge in [-0.2, -0.15) is 0 Å². The second kappa shape index (κ2) is 3.13. The monoisotopic (exact) mass is 234 g/mol. The van der Waals surface area contributed by atoms with E-state index in [1.165, 1.54) is 0 Å². The topological polar surface area (TPSA) is 36.9 Å². The van der Waals surface area contributed by atoms with E-state index in [2.05, 4.69) is 13.1 Å². The van der Waals surface area contributed by atoms with E-state index in [-0.39, 0.29) is 0 Å². The van der Waals surface area contributed by atoms with Crippen molar-refractivity contribution in [2.24, 2.45) is 0 Å². The molecule has 0 radical (unpaired) electrons. The van der Waals surface area contributed by atoms with E-state index < -0.39 is 22.7 Å². The van der Waals surface area contributed by atoms with E-state index in [1.807, 2.05) is 13.1 Å². The summed E-state index contributed by atoms with van der Waals surface area (Å²) in [4.78, 5) is 0. The van der Waals surface area contributed by atoms with Gasteiger partial charge in [0, 0.05) is 0 Å². The molecule has 0 aromatic rings. The van der Waals surface area contributed by atoms with Crippen LogP contribution in [0.3, 0.4) is 0 Å². The molecule has 0 saturated carbocycles. The van der Waals surface area contributed by atoms with Gasteiger partial charge in [0.1, 0.15) is 0 Å². The number of ether oxygens (including phenoxy) is 1. The van der Waals surface area contributed by atoms with Gasteiger partial charge in [0.05, 0.1) is 19.4 Å². The third kappa shape index (κ3) is 2.10. The standard InChI is InChI=1S/C8H18O4Si2/c1-13(2)7-9-8(12-13)5-10-14(3,4)11-6-8/h5-7H2,1-4H3. The predicted octanol–water partition coefficient (Wildman–Crippen LogP) is 1.22. The van der Waals surface area contributed by atoms with E-state index in [0.29, 0.717) is 13.2 Å². The van der Waals surface area contributed by atoms with Crippen LogP contribution in [0, 0.1) is 0 Å². The van der Waals surface area contributed by atoms with Crippen LogP contribution in [0.5, 0.6) is 0 Å². The quantitative estimate of drug-likeness (QED) is 0.591. The van der Waals surface area contributed by atoms with Crippen molar-refractivity contribution in [1.29, 1.82) is 0 Å². The first kappa shape index (κ1) is 10.8. The fraction of sp³-hybridized carbons (Fsp3) is 1.00. The zero-order chi connectivity index (χ0) is 10.4. The van der Waals surface area contributed by atoms with E-state index in [1.54, 1.807) is 0 Å². The molecule has 0 atom stereocenters. The van der Waals surface area contributed by atoms with Gasteiger partial charge in [-0.3, -0.25) is 0 Å². The van der Waals surface area contributed by atoms with E-state index in [0.717, 1.165) is 6.23 Å². The van der Waals surface area contributed by atoms with Gasteiger partial charge in [-0.05, 0) is 26.2 Å². The van der Waals surface area contributed by atoms with Crippen LogP contribution in [0.1, 0.15) is 0 Å². The van der Waals surface area contributed by atoms with Gasteiger partial charge in [0.2, 0.25) is 14.1 Å². The summed E-state index contributed by atoms with van der Waals surface area (Å²) in [5, 5.41) is 0. The minimum Gasteiger partial charge on any atom is -0.389 e. The van der Waals surface area contributed by atoms with E-state index >= 15 is 0 Å². The lowest BCUT2D eigenvalue weighted by Crippen LogP contribution is -2.55. The van der Waals surface area contributed by atoms with Gasteiger partial charge in [-0.15, -0.1) is 0 Å². The normalized spacial score (nSPS) is 33.4. The van der Waals surface area contributed by atoms with Crippen LogP contribution >= 0.6 is 0 Å². The van der Waals surface area contributed by atoms with Gasteiger partial charge >= 0.3 is 8.56 Å². The Kier molecular flexibility index (Phi) is 2.41. The molecule has 2 aliphatic rings. The highest BCUT2D eigenvalue weighted by Crippen LogP contribution is 2.33. The molecule has 14 heavy (non-hydrogen) atoms. The molecule has 2 fully saturated rings. The van der Waals surface area contributed by atoms with Crippen LogP contribution in [0.4, 0.5) is 0 Å². The molecule has 2 rings (SSSR count). The lowest BCUT2D eigenvalue weighted by atomic mass is 10.3. The van der Waals surface area contributed by atoms with E-state index in [9.17, 15) is 0 Å². The first-order valence-corrected chi connectivity index (χ1v) is 10.9. The second-order valence-electron chi connectivity index (χ2n) is 5.04. The van der Waals surface area contributed by atoms with Crippen LogP contribution in [-0.4, -0.2) is 42.1 Å². The minimum absolute atomic E-state index is 0.530. The average molecular weight is 234 g/mol. The molecule has 0 aromatic carbocycles. The molecule has 2 aliphatic heterocycles. The summed E-state index contributed by atoms with van der Waals surface area (Å²) in [5.74, 6) is -0.585. The van der Waals surface area contributed by atoms with Crippen LogP contribution in [0.15, 0.2) is 0 Å². The summed E-state index contributed by atoms with van der Waals surface area (Å²) in [5.41, 5.74) is 0. The van der Waals surface area contributed by atoms with Crippen molar-refractivity contribution in [2.45, 2.75) is 32.0 Å². The summed E-state index contributed by atoms with van der Waals surface area (Å²) in [7, 11) is -3.49. The number of rotatable bonds is 0. The van der Waals surface area contributed by atoms with Gasteiger partial charge in [0.25, 0.3) is 0 Å². The molecule has 0 amide bonds. The first-order valence-electron chi connectivity index (χ1n) is 4.95. The third-order valence-electron chi connectivity index (χ3n) is 2.42. The second-order valence-corrected chi connectivity index (χ2v) is 12.4. The van der Waals surface area contributed by atoms with Gasteiger partial charge in [-0.1, -0.05) is 0 Å². The van der Waals surface area contributed by atoms with Crippen molar-refractivity contribution in [1.82, 2.24) is 0 Å². The molecule has 0 aromatic heterocycles. The molecule has 0 N–H and O–H groups in total. The van der Waals surface area contributed by atoms with Gasteiger partial charge in [0.15, 0.2) is 0 Å². The maximum absolute atomic E-state index is 5.96. The molecule has 0 bridgehead atoms. The lowest BCUT2D eigenvalue weighted by Gasteiger charge is -2.39. The lowest BCUT2D eigenvalue weighted by molar-refractivity contribution is -0.206.